The lowest BCUT2D eigenvalue weighted by atomic mass is 10.2. The van der Waals surface area contributed by atoms with Crippen molar-refractivity contribution >= 4 is 0 Å². The molecule has 9 heavy (non-hydrogen) atoms. The monoisotopic (exact) mass is 128 g/mol. The molecular formula is C7H16N2. The van der Waals surface area contributed by atoms with Crippen LogP contribution in [0.25, 0.3) is 0 Å². The lowest BCUT2D eigenvalue weighted by Crippen LogP contribution is -2.35. The van der Waals surface area contributed by atoms with Crippen molar-refractivity contribution in [2.45, 2.75) is 31.8 Å². The molecule has 2 nitrogen and oxygen atoms in total. The molecule has 0 bridgehead atoms. The van der Waals surface area contributed by atoms with Crippen molar-refractivity contribution in [3.63, 3.8) is 0 Å². The van der Waals surface area contributed by atoms with Crippen LogP contribution in [-0.4, -0.2) is 30.6 Å². The summed E-state index contributed by atoms with van der Waals surface area (Å²) in [7, 11) is 2.16. The van der Waals surface area contributed by atoms with E-state index in [1.165, 1.54) is 12.8 Å². The Balaban J connectivity index is 2.41. The molecule has 0 saturated carbocycles. The first-order chi connectivity index (χ1) is 4.25. The zero-order valence-electron chi connectivity index (χ0n) is 6.30. The molecular weight excluding hydrogens is 112 g/mol. The van der Waals surface area contributed by atoms with Crippen LogP contribution in [0.2, 0.25) is 0 Å². The molecule has 2 N–H and O–H groups in total. The van der Waals surface area contributed by atoms with Gasteiger partial charge in [-0.05, 0) is 26.8 Å². The number of hydrogen-bond acceptors (Lipinski definition) is 2. The van der Waals surface area contributed by atoms with Crippen LogP contribution in [-0.2, 0) is 0 Å². The van der Waals surface area contributed by atoms with E-state index in [1.807, 2.05) is 0 Å². The summed E-state index contributed by atoms with van der Waals surface area (Å²) in [6.07, 6.45) is 2.60. The average molecular weight is 128 g/mol. The number of nitrogens with zero attached hydrogens (tertiary/aromatic N) is 1. The predicted molar refractivity (Wildman–Crippen MR) is 39.3 cm³/mol. The maximum absolute atomic E-state index is 5.54. The van der Waals surface area contributed by atoms with Gasteiger partial charge in [0.2, 0.25) is 0 Å². The van der Waals surface area contributed by atoms with Gasteiger partial charge in [0.25, 0.3) is 0 Å². The van der Waals surface area contributed by atoms with Crippen LogP contribution in [0.15, 0.2) is 0 Å². The van der Waals surface area contributed by atoms with E-state index >= 15 is 0 Å². The van der Waals surface area contributed by atoms with E-state index in [4.69, 9.17) is 5.73 Å². The highest BCUT2D eigenvalue weighted by Gasteiger charge is 2.25. The van der Waals surface area contributed by atoms with Gasteiger partial charge in [-0.25, -0.2) is 0 Å². The van der Waals surface area contributed by atoms with Gasteiger partial charge in [0, 0.05) is 18.6 Å². The summed E-state index contributed by atoms with van der Waals surface area (Å²) in [6.45, 7) is 3.08. The van der Waals surface area contributed by atoms with Crippen LogP contribution >= 0.6 is 0 Å². The summed E-state index contributed by atoms with van der Waals surface area (Å²) < 4.78 is 0. The van der Waals surface area contributed by atoms with E-state index < -0.39 is 0 Å². The summed E-state index contributed by atoms with van der Waals surface area (Å²) in [5.74, 6) is 0. The van der Waals surface area contributed by atoms with Gasteiger partial charge in [0.15, 0.2) is 0 Å². The van der Waals surface area contributed by atoms with Crippen molar-refractivity contribution in [2.24, 2.45) is 5.73 Å². The molecule has 1 heterocycles. The predicted octanol–water partition coefficient (Wildman–Crippen LogP) is 0.428. The Morgan fingerprint density at radius 3 is 2.44 bits per heavy atom. The molecule has 2 heteroatoms. The standard InChI is InChI=1S/C7H16N2/c1-6-3-4-7(5-8)9(6)2/h6-7H,3-5,8H2,1-2H3/t6?,7-/m1/s1. The summed E-state index contributed by atoms with van der Waals surface area (Å²) in [6, 6.07) is 1.40. The van der Waals surface area contributed by atoms with Crippen LogP contribution in [0.4, 0.5) is 0 Å². The Morgan fingerprint density at radius 1 is 1.56 bits per heavy atom. The van der Waals surface area contributed by atoms with E-state index in [-0.39, 0.29) is 0 Å². The molecule has 0 aromatic heterocycles. The molecule has 1 aliphatic rings. The van der Waals surface area contributed by atoms with Gasteiger partial charge in [-0.2, -0.15) is 0 Å². The number of rotatable bonds is 1. The minimum atomic E-state index is 0.653. The molecule has 1 saturated heterocycles. The normalized spacial score (nSPS) is 37.7. The molecule has 0 aliphatic carbocycles. The Labute approximate surface area is 57.0 Å². The van der Waals surface area contributed by atoms with E-state index in [0.717, 1.165) is 12.6 Å². The molecule has 54 valence electrons. The van der Waals surface area contributed by atoms with Gasteiger partial charge >= 0.3 is 0 Å². The van der Waals surface area contributed by atoms with Gasteiger partial charge in [-0.15, -0.1) is 0 Å². The third-order valence-electron chi connectivity index (χ3n) is 2.46. The zero-order chi connectivity index (χ0) is 6.85. The second-order valence-corrected chi connectivity index (χ2v) is 2.98. The first-order valence-corrected chi connectivity index (χ1v) is 3.67. The number of nitrogens with two attached hydrogens (primary N) is 1. The zero-order valence-corrected chi connectivity index (χ0v) is 6.30. The minimum Gasteiger partial charge on any atom is -0.329 e. The maximum atomic E-state index is 5.54. The molecule has 1 fully saturated rings. The highest BCUT2D eigenvalue weighted by Crippen LogP contribution is 2.20. The summed E-state index contributed by atoms with van der Waals surface area (Å²) in [5, 5.41) is 0. The largest absolute Gasteiger partial charge is 0.329 e. The Bertz CT molecular complexity index is 92.9. The van der Waals surface area contributed by atoms with Crippen molar-refractivity contribution in [1.82, 2.24) is 4.90 Å². The topological polar surface area (TPSA) is 29.3 Å². The molecule has 0 aromatic rings. The quantitative estimate of drug-likeness (QED) is 0.555. The van der Waals surface area contributed by atoms with Crippen LogP contribution < -0.4 is 5.73 Å². The molecule has 0 amide bonds. The van der Waals surface area contributed by atoms with Gasteiger partial charge < -0.3 is 5.73 Å². The van der Waals surface area contributed by atoms with Gasteiger partial charge in [0.1, 0.15) is 0 Å². The number of likely N-dealkylation sites (tertiary alicyclic amines) is 1. The second-order valence-electron chi connectivity index (χ2n) is 2.98. The van der Waals surface area contributed by atoms with Crippen molar-refractivity contribution < 1.29 is 0 Å². The Hall–Kier alpha value is -0.0800. The van der Waals surface area contributed by atoms with Crippen molar-refractivity contribution in [3.8, 4) is 0 Å². The first kappa shape index (κ1) is 7.03. The molecule has 0 aromatic carbocycles. The third kappa shape index (κ3) is 1.25. The number of likely N-dealkylation sites (N-methyl/N-ethyl adjacent to an activating group) is 1. The molecule has 1 rings (SSSR count). The van der Waals surface area contributed by atoms with Crippen molar-refractivity contribution in [2.75, 3.05) is 13.6 Å². The smallest absolute Gasteiger partial charge is 0.0218 e. The highest BCUT2D eigenvalue weighted by molar-refractivity contribution is 4.82. The van der Waals surface area contributed by atoms with Crippen molar-refractivity contribution in [3.05, 3.63) is 0 Å². The SMILES string of the molecule is CC1CC[C@H](CN)N1C. The maximum Gasteiger partial charge on any atom is 0.0218 e. The highest BCUT2D eigenvalue weighted by atomic mass is 15.2. The fraction of sp³-hybridized carbons (Fsp3) is 1.00. The van der Waals surface area contributed by atoms with Crippen LogP contribution in [0.1, 0.15) is 19.8 Å². The second kappa shape index (κ2) is 2.67. The van der Waals surface area contributed by atoms with E-state index in [1.54, 1.807) is 0 Å². The Morgan fingerprint density at radius 2 is 2.22 bits per heavy atom. The Kier molecular flexibility index (Phi) is 2.09. The fourth-order valence-corrected chi connectivity index (χ4v) is 1.48. The van der Waals surface area contributed by atoms with Crippen LogP contribution in [0, 0.1) is 0 Å². The average Bonchev–Trinajstić information content (AvgIpc) is 2.15. The molecule has 1 unspecified atom stereocenters. The first-order valence-electron chi connectivity index (χ1n) is 3.67. The lowest BCUT2D eigenvalue weighted by Gasteiger charge is -2.21. The molecule has 2 atom stereocenters. The third-order valence-corrected chi connectivity index (χ3v) is 2.46. The van der Waals surface area contributed by atoms with Crippen molar-refractivity contribution in [1.29, 1.82) is 0 Å². The van der Waals surface area contributed by atoms with Crippen LogP contribution in [0.5, 0.6) is 0 Å². The van der Waals surface area contributed by atoms with Crippen LogP contribution in [0.3, 0.4) is 0 Å². The molecule has 0 spiro atoms. The van der Waals surface area contributed by atoms with Gasteiger partial charge in [-0.1, -0.05) is 0 Å². The van der Waals surface area contributed by atoms with E-state index in [2.05, 4.69) is 18.9 Å². The summed E-state index contributed by atoms with van der Waals surface area (Å²) in [5.41, 5.74) is 5.54. The fourth-order valence-electron chi connectivity index (χ4n) is 1.48. The number of hydrogen-bond donors (Lipinski definition) is 1. The van der Waals surface area contributed by atoms with E-state index in [9.17, 15) is 0 Å². The van der Waals surface area contributed by atoms with Gasteiger partial charge in [0.05, 0.1) is 0 Å². The minimum absolute atomic E-state index is 0.653. The van der Waals surface area contributed by atoms with Gasteiger partial charge in [-0.3, -0.25) is 4.90 Å². The summed E-state index contributed by atoms with van der Waals surface area (Å²) in [4.78, 5) is 2.38. The summed E-state index contributed by atoms with van der Waals surface area (Å²) >= 11 is 0. The molecule has 0 radical (unpaired) electrons. The molecule has 1 aliphatic heterocycles. The van der Waals surface area contributed by atoms with E-state index in [0.29, 0.717) is 6.04 Å². The lowest BCUT2D eigenvalue weighted by molar-refractivity contribution is 0.258.